The van der Waals surface area contributed by atoms with E-state index in [-0.39, 0.29) is 18.0 Å². The molecule has 0 atom stereocenters. The summed E-state index contributed by atoms with van der Waals surface area (Å²) in [6, 6.07) is 9.25. The molecule has 26 heavy (non-hydrogen) atoms. The number of hydrogen-bond acceptors (Lipinski definition) is 4. The van der Waals surface area contributed by atoms with Crippen LogP contribution in [0.15, 0.2) is 41.5 Å². The number of nitrogens with zero attached hydrogens (tertiary/aromatic N) is 4. The number of carbonyl (C=O) groups excluding carboxylic acids is 1. The van der Waals surface area contributed by atoms with Crippen molar-refractivity contribution >= 4 is 23.2 Å². The van der Waals surface area contributed by atoms with Gasteiger partial charge in [0, 0.05) is 48.6 Å². The summed E-state index contributed by atoms with van der Waals surface area (Å²) in [5.74, 6) is -0.0529. The molecule has 1 saturated heterocycles. The summed E-state index contributed by atoms with van der Waals surface area (Å²) in [6.45, 7) is 4.82. The third-order valence-corrected chi connectivity index (χ3v) is 4.79. The molecule has 1 aromatic carbocycles. The van der Waals surface area contributed by atoms with Crippen LogP contribution in [0.25, 0.3) is 0 Å². The minimum Gasteiger partial charge on any atom is -0.368 e. The zero-order chi connectivity index (χ0) is 18.5. The van der Waals surface area contributed by atoms with Crippen molar-refractivity contribution in [2.75, 3.05) is 31.1 Å². The molecule has 0 saturated carbocycles. The van der Waals surface area contributed by atoms with Gasteiger partial charge in [0.1, 0.15) is 6.54 Å². The second kappa shape index (κ2) is 8.36. The summed E-state index contributed by atoms with van der Waals surface area (Å²) in [7, 11) is 0. The number of rotatable bonds is 5. The first-order valence-electron chi connectivity index (χ1n) is 8.90. The Morgan fingerprint density at radius 3 is 2.62 bits per heavy atom. The molecule has 0 radical (unpaired) electrons. The maximum absolute atomic E-state index is 12.5. The van der Waals surface area contributed by atoms with Crippen molar-refractivity contribution in [3.05, 3.63) is 57.7 Å². The van der Waals surface area contributed by atoms with Crippen LogP contribution in [0.3, 0.4) is 0 Å². The lowest BCUT2D eigenvalue weighted by molar-refractivity contribution is -0.132. The molecule has 6 nitrogen and oxygen atoms in total. The largest absolute Gasteiger partial charge is 0.368 e. The van der Waals surface area contributed by atoms with Gasteiger partial charge < -0.3 is 9.80 Å². The fourth-order valence-electron chi connectivity index (χ4n) is 3.11. The number of piperazine rings is 1. The smallest absolute Gasteiger partial charge is 0.253 e. The zero-order valence-electron chi connectivity index (χ0n) is 14.9. The summed E-state index contributed by atoms with van der Waals surface area (Å²) in [4.78, 5) is 32.9. The summed E-state index contributed by atoms with van der Waals surface area (Å²) in [5.41, 5.74) is 1.67. The molecule has 1 aliphatic rings. The minimum atomic E-state index is -0.172. The van der Waals surface area contributed by atoms with Gasteiger partial charge in [-0.05, 0) is 24.6 Å². The molecule has 3 rings (SSSR count). The Morgan fingerprint density at radius 2 is 1.96 bits per heavy atom. The molecule has 2 heterocycles. The van der Waals surface area contributed by atoms with E-state index in [0.717, 1.165) is 37.3 Å². The SMILES string of the molecule is CCCc1cc(=O)n(CC(=O)N2CCN(c3cccc(Cl)c3)CC2)cn1. The number of amides is 1. The number of carbonyl (C=O) groups is 1. The standard InChI is InChI=1S/C19H23ClN4O2/c1-2-4-16-12-18(25)24(14-21-16)13-19(26)23-9-7-22(8-10-23)17-6-3-5-15(20)11-17/h3,5-6,11-12,14H,2,4,7-10,13H2,1H3. The van der Waals surface area contributed by atoms with Crippen LogP contribution >= 0.6 is 11.6 Å². The van der Waals surface area contributed by atoms with Gasteiger partial charge in [-0.15, -0.1) is 0 Å². The predicted octanol–water partition coefficient (Wildman–Crippen LogP) is 2.20. The molecule has 0 bridgehead atoms. The second-order valence-corrected chi connectivity index (χ2v) is 6.88. The average Bonchev–Trinajstić information content (AvgIpc) is 2.64. The van der Waals surface area contributed by atoms with E-state index in [1.165, 1.54) is 17.0 Å². The quantitative estimate of drug-likeness (QED) is 0.805. The summed E-state index contributed by atoms with van der Waals surface area (Å²) < 4.78 is 1.38. The molecular formula is C19H23ClN4O2. The van der Waals surface area contributed by atoms with Crippen molar-refractivity contribution in [2.45, 2.75) is 26.3 Å². The lowest BCUT2D eigenvalue weighted by Crippen LogP contribution is -2.50. The maximum Gasteiger partial charge on any atom is 0.253 e. The van der Waals surface area contributed by atoms with Gasteiger partial charge in [0.2, 0.25) is 5.91 Å². The summed E-state index contributed by atoms with van der Waals surface area (Å²) in [5, 5.41) is 0.708. The van der Waals surface area contributed by atoms with Crippen LogP contribution in [0.1, 0.15) is 19.0 Å². The van der Waals surface area contributed by atoms with Gasteiger partial charge in [0.25, 0.3) is 5.56 Å². The lowest BCUT2D eigenvalue weighted by Gasteiger charge is -2.36. The first kappa shape index (κ1) is 18.5. The van der Waals surface area contributed by atoms with Crippen molar-refractivity contribution < 1.29 is 4.79 Å². The Hall–Kier alpha value is -2.34. The maximum atomic E-state index is 12.5. The number of hydrogen-bond donors (Lipinski definition) is 0. The van der Waals surface area contributed by atoms with Gasteiger partial charge in [-0.25, -0.2) is 4.98 Å². The van der Waals surface area contributed by atoms with Crippen molar-refractivity contribution in [1.82, 2.24) is 14.5 Å². The van der Waals surface area contributed by atoms with Crippen molar-refractivity contribution in [3.8, 4) is 0 Å². The highest BCUT2D eigenvalue weighted by Gasteiger charge is 2.21. The summed E-state index contributed by atoms with van der Waals surface area (Å²) in [6.07, 6.45) is 3.19. The highest BCUT2D eigenvalue weighted by molar-refractivity contribution is 6.30. The van der Waals surface area contributed by atoms with E-state index in [2.05, 4.69) is 9.88 Å². The molecule has 0 unspecified atom stereocenters. The Labute approximate surface area is 158 Å². The van der Waals surface area contributed by atoms with Gasteiger partial charge in [0.15, 0.2) is 0 Å². The number of aryl methyl sites for hydroxylation is 1. The number of halogens is 1. The molecule has 138 valence electrons. The lowest BCUT2D eigenvalue weighted by atomic mass is 10.2. The van der Waals surface area contributed by atoms with E-state index in [1.807, 2.05) is 31.2 Å². The Kier molecular flexibility index (Phi) is 5.93. The van der Waals surface area contributed by atoms with Crippen molar-refractivity contribution in [2.24, 2.45) is 0 Å². The zero-order valence-corrected chi connectivity index (χ0v) is 15.7. The van der Waals surface area contributed by atoms with Crippen LogP contribution in [-0.4, -0.2) is 46.5 Å². The van der Waals surface area contributed by atoms with E-state index in [1.54, 1.807) is 4.90 Å². The number of aromatic nitrogens is 2. The van der Waals surface area contributed by atoms with Gasteiger partial charge >= 0.3 is 0 Å². The molecule has 0 N–H and O–H groups in total. The highest BCUT2D eigenvalue weighted by atomic mass is 35.5. The van der Waals surface area contributed by atoms with E-state index in [4.69, 9.17) is 11.6 Å². The van der Waals surface area contributed by atoms with Crippen LogP contribution in [0.5, 0.6) is 0 Å². The molecule has 2 aromatic rings. The molecule has 1 aliphatic heterocycles. The fourth-order valence-corrected chi connectivity index (χ4v) is 3.29. The van der Waals surface area contributed by atoms with Crippen LogP contribution in [-0.2, 0) is 17.8 Å². The van der Waals surface area contributed by atoms with Crippen LogP contribution in [0, 0.1) is 0 Å². The van der Waals surface area contributed by atoms with Crippen LogP contribution < -0.4 is 10.5 Å². The van der Waals surface area contributed by atoms with Gasteiger partial charge in [0.05, 0.1) is 6.33 Å². The first-order chi connectivity index (χ1) is 12.6. The Morgan fingerprint density at radius 1 is 1.19 bits per heavy atom. The minimum absolute atomic E-state index is 0.0371. The van der Waals surface area contributed by atoms with Gasteiger partial charge in [-0.2, -0.15) is 0 Å². The topological polar surface area (TPSA) is 58.4 Å². The monoisotopic (exact) mass is 374 g/mol. The highest BCUT2D eigenvalue weighted by Crippen LogP contribution is 2.20. The Balaban J connectivity index is 1.58. The third-order valence-electron chi connectivity index (χ3n) is 4.55. The Bertz CT molecular complexity index is 828. The normalized spacial score (nSPS) is 14.5. The van der Waals surface area contributed by atoms with Gasteiger partial charge in [-0.3, -0.25) is 14.2 Å². The number of benzene rings is 1. The second-order valence-electron chi connectivity index (χ2n) is 6.44. The van der Waals surface area contributed by atoms with Crippen LogP contribution in [0.2, 0.25) is 5.02 Å². The van der Waals surface area contributed by atoms with Gasteiger partial charge in [-0.1, -0.05) is 31.0 Å². The third kappa shape index (κ3) is 4.43. The average molecular weight is 375 g/mol. The molecule has 7 heteroatoms. The first-order valence-corrected chi connectivity index (χ1v) is 9.28. The molecule has 1 fully saturated rings. The van der Waals surface area contributed by atoms with E-state index >= 15 is 0 Å². The molecular weight excluding hydrogens is 352 g/mol. The summed E-state index contributed by atoms with van der Waals surface area (Å²) >= 11 is 6.05. The fraction of sp³-hybridized carbons (Fsp3) is 0.421. The van der Waals surface area contributed by atoms with E-state index in [0.29, 0.717) is 18.1 Å². The van der Waals surface area contributed by atoms with Crippen LogP contribution in [0.4, 0.5) is 5.69 Å². The van der Waals surface area contributed by atoms with E-state index in [9.17, 15) is 9.59 Å². The van der Waals surface area contributed by atoms with Crippen molar-refractivity contribution in [3.63, 3.8) is 0 Å². The predicted molar refractivity (Wildman–Crippen MR) is 103 cm³/mol. The number of anilines is 1. The molecule has 0 spiro atoms. The van der Waals surface area contributed by atoms with E-state index < -0.39 is 0 Å². The molecule has 1 aromatic heterocycles. The molecule has 1 amide bonds. The molecule has 0 aliphatic carbocycles. The van der Waals surface area contributed by atoms with Crippen molar-refractivity contribution in [1.29, 1.82) is 0 Å².